The zero-order valence-electron chi connectivity index (χ0n) is 11.5. The first-order valence-electron chi connectivity index (χ1n) is 6.99. The first kappa shape index (κ1) is 11.9. The van der Waals surface area contributed by atoms with Gasteiger partial charge in [-0.3, -0.25) is 4.98 Å². The van der Waals surface area contributed by atoms with Crippen molar-refractivity contribution in [1.82, 2.24) is 9.97 Å². The van der Waals surface area contributed by atoms with E-state index in [4.69, 9.17) is 0 Å². The van der Waals surface area contributed by atoms with Gasteiger partial charge in [-0.15, -0.1) is 0 Å². The fourth-order valence-corrected chi connectivity index (χ4v) is 2.71. The molecule has 0 aliphatic heterocycles. The fraction of sp³-hybridized carbons (Fsp3) is 0. The number of aromatic nitrogens is 2. The summed E-state index contributed by atoms with van der Waals surface area (Å²) in [5.41, 5.74) is 5.81. The molecule has 2 heterocycles. The van der Waals surface area contributed by atoms with Crippen LogP contribution in [0.25, 0.3) is 33.3 Å². The summed E-state index contributed by atoms with van der Waals surface area (Å²) in [6.45, 7) is 0. The predicted octanol–water partition coefficient (Wildman–Crippen LogP) is 4.90. The van der Waals surface area contributed by atoms with E-state index in [9.17, 15) is 0 Å². The summed E-state index contributed by atoms with van der Waals surface area (Å²) < 4.78 is 0. The van der Waals surface area contributed by atoms with E-state index in [0.717, 1.165) is 16.8 Å². The third kappa shape index (κ3) is 2.11. The van der Waals surface area contributed by atoms with Gasteiger partial charge in [-0.2, -0.15) is 0 Å². The van der Waals surface area contributed by atoms with Crippen molar-refractivity contribution in [3.8, 4) is 22.4 Å². The Morgan fingerprint density at radius 3 is 2.38 bits per heavy atom. The van der Waals surface area contributed by atoms with Gasteiger partial charge in [0, 0.05) is 40.1 Å². The molecular formula is C19H14N2. The molecule has 2 nitrogen and oxygen atoms in total. The molecule has 0 aliphatic carbocycles. The number of H-pyrrole nitrogens is 1. The Kier molecular flexibility index (Phi) is 2.79. The van der Waals surface area contributed by atoms with E-state index in [1.165, 1.54) is 16.5 Å². The van der Waals surface area contributed by atoms with Gasteiger partial charge in [-0.25, -0.2) is 0 Å². The summed E-state index contributed by atoms with van der Waals surface area (Å²) in [5, 5.41) is 1.23. The molecule has 0 unspecified atom stereocenters. The summed E-state index contributed by atoms with van der Waals surface area (Å²) in [6, 6.07) is 23.0. The maximum absolute atomic E-state index is 4.23. The minimum absolute atomic E-state index is 1.13. The molecule has 0 bridgehead atoms. The van der Waals surface area contributed by atoms with Crippen molar-refractivity contribution in [3.05, 3.63) is 79.1 Å². The molecule has 0 radical (unpaired) electrons. The number of nitrogens with zero attached hydrogens (tertiary/aromatic N) is 1. The van der Waals surface area contributed by atoms with Gasteiger partial charge in [-0.1, -0.05) is 48.5 Å². The van der Waals surface area contributed by atoms with Crippen LogP contribution in [0.3, 0.4) is 0 Å². The van der Waals surface area contributed by atoms with E-state index in [-0.39, 0.29) is 0 Å². The first-order chi connectivity index (χ1) is 10.4. The van der Waals surface area contributed by atoms with Gasteiger partial charge in [0.15, 0.2) is 0 Å². The third-order valence-electron chi connectivity index (χ3n) is 3.72. The van der Waals surface area contributed by atoms with Crippen molar-refractivity contribution in [1.29, 1.82) is 0 Å². The van der Waals surface area contributed by atoms with Crippen LogP contribution in [0.1, 0.15) is 0 Å². The van der Waals surface area contributed by atoms with Crippen molar-refractivity contribution in [2.75, 3.05) is 0 Å². The lowest BCUT2D eigenvalue weighted by Crippen LogP contribution is -1.85. The second kappa shape index (κ2) is 4.91. The highest BCUT2D eigenvalue weighted by molar-refractivity contribution is 5.90. The molecule has 0 atom stereocenters. The summed E-state index contributed by atoms with van der Waals surface area (Å²) in [6.07, 6.45) is 3.70. The Balaban J connectivity index is 1.93. The summed E-state index contributed by atoms with van der Waals surface area (Å²) in [4.78, 5) is 7.73. The molecule has 21 heavy (non-hydrogen) atoms. The molecule has 2 aromatic carbocycles. The lowest BCUT2D eigenvalue weighted by Gasteiger charge is -2.07. The molecule has 0 amide bonds. The number of pyridine rings is 1. The molecule has 4 aromatic rings. The van der Waals surface area contributed by atoms with Crippen LogP contribution in [0, 0.1) is 0 Å². The van der Waals surface area contributed by atoms with Gasteiger partial charge in [0.2, 0.25) is 0 Å². The second-order valence-corrected chi connectivity index (χ2v) is 5.06. The SMILES string of the molecule is c1cncc(-c2ccccc2-c2cc3ccccc3[nH]2)c1. The maximum atomic E-state index is 4.23. The Morgan fingerprint density at radius 2 is 1.57 bits per heavy atom. The maximum Gasteiger partial charge on any atom is 0.0471 e. The van der Waals surface area contributed by atoms with Gasteiger partial charge >= 0.3 is 0 Å². The summed E-state index contributed by atoms with van der Waals surface area (Å²) >= 11 is 0. The Morgan fingerprint density at radius 1 is 0.762 bits per heavy atom. The highest BCUT2D eigenvalue weighted by atomic mass is 14.7. The van der Waals surface area contributed by atoms with Crippen LogP contribution in [0.15, 0.2) is 79.1 Å². The number of benzene rings is 2. The van der Waals surface area contributed by atoms with Gasteiger partial charge in [0.25, 0.3) is 0 Å². The van der Waals surface area contributed by atoms with E-state index in [0.29, 0.717) is 0 Å². The quantitative estimate of drug-likeness (QED) is 0.551. The lowest BCUT2D eigenvalue weighted by molar-refractivity contribution is 1.33. The monoisotopic (exact) mass is 270 g/mol. The molecule has 1 N–H and O–H groups in total. The zero-order chi connectivity index (χ0) is 14.1. The molecule has 4 rings (SSSR count). The van der Waals surface area contributed by atoms with E-state index in [2.05, 4.69) is 70.6 Å². The number of nitrogens with one attached hydrogen (secondary N) is 1. The number of hydrogen-bond donors (Lipinski definition) is 1. The van der Waals surface area contributed by atoms with Crippen LogP contribution in [0.4, 0.5) is 0 Å². The first-order valence-corrected chi connectivity index (χ1v) is 6.99. The standard InChI is InChI=1S/C19H14N2/c1-4-10-18-14(6-1)12-19(21-18)17-9-3-2-8-16(17)15-7-5-11-20-13-15/h1-13,21H. The van der Waals surface area contributed by atoms with Gasteiger partial charge in [0.05, 0.1) is 0 Å². The van der Waals surface area contributed by atoms with Crippen molar-refractivity contribution in [3.63, 3.8) is 0 Å². The van der Waals surface area contributed by atoms with Crippen molar-refractivity contribution >= 4 is 10.9 Å². The summed E-state index contributed by atoms with van der Waals surface area (Å²) in [5.74, 6) is 0. The number of hydrogen-bond acceptors (Lipinski definition) is 1. The van der Waals surface area contributed by atoms with E-state index in [1.807, 2.05) is 12.3 Å². The number of para-hydroxylation sites is 1. The lowest BCUT2D eigenvalue weighted by atomic mass is 9.99. The van der Waals surface area contributed by atoms with E-state index < -0.39 is 0 Å². The number of rotatable bonds is 2. The van der Waals surface area contributed by atoms with E-state index in [1.54, 1.807) is 6.20 Å². The van der Waals surface area contributed by atoms with E-state index >= 15 is 0 Å². The zero-order valence-corrected chi connectivity index (χ0v) is 11.5. The molecular weight excluding hydrogens is 256 g/mol. The van der Waals surface area contributed by atoms with Crippen molar-refractivity contribution in [2.24, 2.45) is 0 Å². The molecule has 100 valence electrons. The van der Waals surface area contributed by atoms with Crippen LogP contribution in [0.5, 0.6) is 0 Å². The van der Waals surface area contributed by atoms with Gasteiger partial charge in [0.1, 0.15) is 0 Å². The molecule has 0 saturated carbocycles. The molecule has 0 fully saturated rings. The number of fused-ring (bicyclic) bond motifs is 1. The minimum atomic E-state index is 1.13. The Labute approximate surface area is 123 Å². The van der Waals surface area contributed by atoms with Crippen LogP contribution in [0.2, 0.25) is 0 Å². The highest BCUT2D eigenvalue weighted by Crippen LogP contribution is 2.32. The Bertz CT molecular complexity index is 859. The fourth-order valence-electron chi connectivity index (χ4n) is 2.71. The smallest absolute Gasteiger partial charge is 0.0471 e. The molecule has 0 saturated heterocycles. The van der Waals surface area contributed by atoms with Crippen LogP contribution >= 0.6 is 0 Å². The van der Waals surface area contributed by atoms with Crippen LogP contribution in [-0.2, 0) is 0 Å². The van der Waals surface area contributed by atoms with Crippen molar-refractivity contribution < 1.29 is 0 Å². The number of aromatic amines is 1. The average molecular weight is 270 g/mol. The molecule has 0 spiro atoms. The van der Waals surface area contributed by atoms with Crippen LogP contribution in [-0.4, -0.2) is 9.97 Å². The molecule has 2 heteroatoms. The third-order valence-corrected chi connectivity index (χ3v) is 3.72. The second-order valence-electron chi connectivity index (χ2n) is 5.06. The molecule has 2 aromatic heterocycles. The normalized spacial score (nSPS) is 10.9. The molecule has 0 aliphatic rings. The Hall–Kier alpha value is -2.87. The highest BCUT2D eigenvalue weighted by Gasteiger charge is 2.09. The topological polar surface area (TPSA) is 28.7 Å². The summed E-state index contributed by atoms with van der Waals surface area (Å²) in [7, 11) is 0. The predicted molar refractivity (Wildman–Crippen MR) is 87.0 cm³/mol. The van der Waals surface area contributed by atoms with Crippen LogP contribution < -0.4 is 0 Å². The average Bonchev–Trinajstić information content (AvgIpc) is 2.99. The van der Waals surface area contributed by atoms with Gasteiger partial charge in [-0.05, 0) is 23.8 Å². The minimum Gasteiger partial charge on any atom is -0.355 e. The van der Waals surface area contributed by atoms with Crippen molar-refractivity contribution in [2.45, 2.75) is 0 Å². The largest absolute Gasteiger partial charge is 0.355 e. The van der Waals surface area contributed by atoms with Gasteiger partial charge < -0.3 is 4.98 Å².